The number of piperidine rings is 1. The van der Waals surface area contributed by atoms with E-state index in [9.17, 15) is 18.0 Å². The Morgan fingerprint density at radius 1 is 1.31 bits per heavy atom. The fourth-order valence-corrected chi connectivity index (χ4v) is 3.14. The second-order valence-corrected chi connectivity index (χ2v) is 6.52. The number of hydrogen-bond acceptors (Lipinski definition) is 3. The third-order valence-corrected chi connectivity index (χ3v) is 4.29. The van der Waals surface area contributed by atoms with Gasteiger partial charge in [0.2, 0.25) is 0 Å². The summed E-state index contributed by atoms with van der Waals surface area (Å²) in [4.78, 5) is 18.4. The number of halogens is 3. The Bertz CT molecular complexity index is 782. The molecule has 0 bridgehead atoms. The zero-order valence-corrected chi connectivity index (χ0v) is 14.5. The first kappa shape index (κ1) is 18.2. The van der Waals surface area contributed by atoms with Gasteiger partial charge in [-0.15, -0.1) is 0 Å². The average molecular weight is 367 g/mol. The van der Waals surface area contributed by atoms with E-state index in [-0.39, 0.29) is 12.1 Å². The number of anilines is 1. The van der Waals surface area contributed by atoms with E-state index in [2.05, 4.69) is 15.4 Å². The van der Waals surface area contributed by atoms with Crippen molar-refractivity contribution in [2.24, 2.45) is 0 Å². The van der Waals surface area contributed by atoms with Gasteiger partial charge in [0.25, 0.3) is 0 Å². The summed E-state index contributed by atoms with van der Waals surface area (Å²) in [6.07, 6.45) is -1.78. The lowest BCUT2D eigenvalue weighted by molar-refractivity contribution is -0.141. The number of nitrogens with zero attached hydrogens (tertiary/aromatic N) is 4. The van der Waals surface area contributed by atoms with Crippen molar-refractivity contribution in [3.05, 3.63) is 41.3 Å². The number of carbonyl (C=O) groups excluding carboxylic acids is 1. The minimum absolute atomic E-state index is 0.280. The summed E-state index contributed by atoms with van der Waals surface area (Å²) in [6, 6.07) is 4.05. The fourth-order valence-electron chi connectivity index (χ4n) is 3.14. The molecule has 1 unspecified atom stereocenters. The number of hydrogen-bond donors (Lipinski definition) is 1. The lowest BCUT2D eigenvalue weighted by atomic mass is 10.1. The van der Waals surface area contributed by atoms with Gasteiger partial charge in [-0.3, -0.25) is 10.00 Å². The molecular formula is C17H20F3N5O. The normalized spacial score (nSPS) is 18.0. The molecule has 0 radical (unpaired) electrons. The Morgan fingerprint density at radius 3 is 2.73 bits per heavy atom. The molecule has 2 aromatic rings. The molecule has 1 atom stereocenters. The standard InChI is InChI=1S/C17H20F3N5O/c1-11-8-12(2)21-15(9-11)22-16(26)24-6-3-4-13(10-24)25-7-5-14(23-25)17(18,19)20/h5,7-9,13H,3-4,6,10H2,1-2H3,(H,21,22,26). The summed E-state index contributed by atoms with van der Waals surface area (Å²) in [7, 11) is 0. The van der Waals surface area contributed by atoms with Crippen molar-refractivity contribution < 1.29 is 18.0 Å². The molecule has 0 saturated carbocycles. The Morgan fingerprint density at radius 2 is 2.08 bits per heavy atom. The maximum absolute atomic E-state index is 12.7. The highest BCUT2D eigenvalue weighted by atomic mass is 19.4. The molecule has 1 fully saturated rings. The number of amides is 2. The highest BCUT2D eigenvalue weighted by Crippen LogP contribution is 2.29. The van der Waals surface area contributed by atoms with Crippen LogP contribution < -0.4 is 5.32 Å². The van der Waals surface area contributed by atoms with Crippen molar-refractivity contribution in [3.8, 4) is 0 Å². The summed E-state index contributed by atoms with van der Waals surface area (Å²) < 4.78 is 39.5. The third-order valence-electron chi connectivity index (χ3n) is 4.29. The molecule has 9 heteroatoms. The van der Waals surface area contributed by atoms with Crippen LogP contribution in [0.25, 0.3) is 0 Å². The molecule has 3 heterocycles. The van der Waals surface area contributed by atoms with Gasteiger partial charge >= 0.3 is 12.2 Å². The molecular weight excluding hydrogens is 347 g/mol. The van der Waals surface area contributed by atoms with Crippen LogP contribution in [-0.2, 0) is 6.18 Å². The van der Waals surface area contributed by atoms with Gasteiger partial charge in [0.15, 0.2) is 5.69 Å². The Kier molecular flexibility index (Phi) is 4.88. The van der Waals surface area contributed by atoms with Gasteiger partial charge in [0.05, 0.1) is 6.04 Å². The molecule has 1 aliphatic heterocycles. The smallest absolute Gasteiger partial charge is 0.322 e. The summed E-state index contributed by atoms with van der Waals surface area (Å²) >= 11 is 0. The molecule has 3 rings (SSSR count). The zero-order valence-electron chi connectivity index (χ0n) is 14.5. The first-order chi connectivity index (χ1) is 12.2. The van der Waals surface area contributed by atoms with Gasteiger partial charge in [0, 0.05) is 25.0 Å². The third kappa shape index (κ3) is 4.14. The summed E-state index contributed by atoms with van der Waals surface area (Å²) in [5.74, 6) is 0.466. The number of aryl methyl sites for hydroxylation is 2. The highest BCUT2D eigenvalue weighted by Gasteiger charge is 2.35. The summed E-state index contributed by atoms with van der Waals surface area (Å²) in [6.45, 7) is 4.60. The topological polar surface area (TPSA) is 63.1 Å². The number of carbonyl (C=O) groups is 1. The van der Waals surface area contributed by atoms with Crippen molar-refractivity contribution in [1.82, 2.24) is 19.7 Å². The lowest BCUT2D eigenvalue weighted by Crippen LogP contribution is -2.43. The van der Waals surface area contributed by atoms with E-state index >= 15 is 0 Å². The molecule has 0 spiro atoms. The number of alkyl halides is 3. The van der Waals surface area contributed by atoms with Crippen molar-refractivity contribution in [1.29, 1.82) is 0 Å². The van der Waals surface area contributed by atoms with Crippen LogP contribution in [0.4, 0.5) is 23.8 Å². The van der Waals surface area contributed by atoms with Crippen LogP contribution in [0.5, 0.6) is 0 Å². The second kappa shape index (κ2) is 6.97. The van der Waals surface area contributed by atoms with Crippen molar-refractivity contribution >= 4 is 11.8 Å². The number of urea groups is 1. The van der Waals surface area contributed by atoms with E-state index in [0.717, 1.165) is 17.3 Å². The largest absolute Gasteiger partial charge is 0.435 e. The van der Waals surface area contributed by atoms with Gasteiger partial charge in [-0.1, -0.05) is 0 Å². The van der Waals surface area contributed by atoms with Crippen LogP contribution in [0.1, 0.15) is 35.8 Å². The Labute approximate surface area is 149 Å². The molecule has 0 aromatic carbocycles. The molecule has 140 valence electrons. The Hall–Kier alpha value is -2.58. The monoisotopic (exact) mass is 367 g/mol. The first-order valence-electron chi connectivity index (χ1n) is 8.36. The minimum Gasteiger partial charge on any atom is -0.322 e. The molecule has 2 amide bonds. The molecule has 2 aromatic heterocycles. The number of rotatable bonds is 2. The average Bonchev–Trinajstić information content (AvgIpc) is 3.04. The van der Waals surface area contributed by atoms with E-state index in [1.165, 1.54) is 10.9 Å². The summed E-state index contributed by atoms with van der Waals surface area (Å²) in [5.41, 5.74) is 0.868. The molecule has 26 heavy (non-hydrogen) atoms. The van der Waals surface area contributed by atoms with Crippen LogP contribution in [0.3, 0.4) is 0 Å². The van der Waals surface area contributed by atoms with E-state index in [4.69, 9.17) is 0 Å². The van der Waals surface area contributed by atoms with Crippen LogP contribution in [0.15, 0.2) is 24.4 Å². The minimum atomic E-state index is -4.47. The summed E-state index contributed by atoms with van der Waals surface area (Å²) in [5, 5.41) is 6.39. The quantitative estimate of drug-likeness (QED) is 0.879. The highest BCUT2D eigenvalue weighted by molar-refractivity contribution is 5.88. The number of nitrogens with one attached hydrogen (secondary N) is 1. The van der Waals surface area contributed by atoms with Crippen molar-refractivity contribution in [2.45, 2.75) is 38.9 Å². The molecule has 1 N–H and O–H groups in total. The van der Waals surface area contributed by atoms with E-state index < -0.39 is 11.9 Å². The number of aromatic nitrogens is 3. The number of pyridine rings is 1. The molecule has 1 saturated heterocycles. The lowest BCUT2D eigenvalue weighted by Gasteiger charge is -2.32. The number of likely N-dealkylation sites (tertiary alicyclic amines) is 1. The van der Waals surface area contributed by atoms with Gasteiger partial charge in [0.1, 0.15) is 5.82 Å². The van der Waals surface area contributed by atoms with Gasteiger partial charge < -0.3 is 4.90 Å². The van der Waals surface area contributed by atoms with Crippen LogP contribution in [-0.4, -0.2) is 38.8 Å². The van der Waals surface area contributed by atoms with E-state index in [1.807, 2.05) is 19.9 Å². The van der Waals surface area contributed by atoms with Crippen LogP contribution >= 0.6 is 0 Å². The van der Waals surface area contributed by atoms with Gasteiger partial charge in [-0.2, -0.15) is 18.3 Å². The zero-order chi connectivity index (χ0) is 18.9. The second-order valence-electron chi connectivity index (χ2n) is 6.52. The Balaban J connectivity index is 1.68. The molecule has 1 aliphatic rings. The SMILES string of the molecule is Cc1cc(C)nc(NC(=O)N2CCCC(n3ccc(C(F)(F)F)n3)C2)c1. The fraction of sp³-hybridized carbons (Fsp3) is 0.471. The maximum atomic E-state index is 12.7. The van der Waals surface area contributed by atoms with E-state index in [0.29, 0.717) is 31.7 Å². The maximum Gasteiger partial charge on any atom is 0.435 e. The molecule has 6 nitrogen and oxygen atoms in total. The predicted molar refractivity (Wildman–Crippen MR) is 89.8 cm³/mol. The molecule has 0 aliphatic carbocycles. The predicted octanol–water partition coefficient (Wildman–Crippen LogP) is 3.78. The van der Waals surface area contributed by atoms with Crippen LogP contribution in [0, 0.1) is 13.8 Å². The van der Waals surface area contributed by atoms with Gasteiger partial charge in [-0.25, -0.2) is 9.78 Å². The first-order valence-corrected chi connectivity index (χ1v) is 8.36. The van der Waals surface area contributed by atoms with Crippen LogP contribution in [0.2, 0.25) is 0 Å². The van der Waals surface area contributed by atoms with Gasteiger partial charge in [-0.05, 0) is 50.5 Å². The van der Waals surface area contributed by atoms with Crippen molar-refractivity contribution in [3.63, 3.8) is 0 Å². The van der Waals surface area contributed by atoms with E-state index in [1.54, 1.807) is 11.0 Å². The van der Waals surface area contributed by atoms with Crippen molar-refractivity contribution in [2.75, 3.05) is 18.4 Å².